The molecule has 4 aromatic rings. The smallest absolute Gasteiger partial charge is 0.230 e. The molecule has 7 nitrogen and oxygen atoms in total. The highest BCUT2D eigenvalue weighted by Gasteiger charge is 2.32. The summed E-state index contributed by atoms with van der Waals surface area (Å²) in [6.07, 6.45) is 5.71. The van der Waals surface area contributed by atoms with Crippen LogP contribution in [-0.4, -0.2) is 29.6 Å². The van der Waals surface area contributed by atoms with Crippen LogP contribution in [0.4, 0.5) is 10.2 Å². The molecule has 0 aliphatic rings. The highest BCUT2D eigenvalue weighted by Crippen LogP contribution is 2.43. The van der Waals surface area contributed by atoms with Crippen molar-refractivity contribution in [2.75, 3.05) is 11.0 Å². The van der Waals surface area contributed by atoms with Gasteiger partial charge in [0.15, 0.2) is 0 Å². The van der Waals surface area contributed by atoms with Gasteiger partial charge in [-0.05, 0) is 47.5 Å². The Morgan fingerprint density at radius 1 is 0.941 bits per heavy atom. The van der Waals surface area contributed by atoms with Crippen LogP contribution in [0.25, 0.3) is 0 Å². The number of aromatic nitrogens is 3. The Morgan fingerprint density at radius 3 is 2.35 bits per heavy atom. The molecule has 170 valence electrons. The molecule has 1 N–H and O–H groups in total. The normalized spacial score (nSPS) is 13.0. The Balaban J connectivity index is 1.96. The zero-order valence-electron chi connectivity index (χ0n) is 18.1. The first-order valence-electron chi connectivity index (χ1n) is 10.3. The lowest BCUT2D eigenvalue weighted by molar-refractivity contribution is 0.541. The highest BCUT2D eigenvalue weighted by molar-refractivity contribution is 7.92. The van der Waals surface area contributed by atoms with E-state index in [4.69, 9.17) is 0 Å². The third kappa shape index (κ3) is 5.24. The molecule has 0 fully saturated rings. The molecule has 4 rings (SSSR count). The van der Waals surface area contributed by atoms with Crippen molar-refractivity contribution in [2.24, 2.45) is 0 Å². The Labute approximate surface area is 197 Å². The molecule has 2 unspecified atom stereocenters. The molecule has 0 aliphatic carbocycles. The number of halogens is 1. The fourth-order valence-corrected chi connectivity index (χ4v) is 4.41. The summed E-state index contributed by atoms with van der Waals surface area (Å²) in [4.78, 5) is 12.6. The number of rotatable bonds is 7. The minimum absolute atomic E-state index is 0.148. The topological polar surface area (TPSA) is 109 Å². The molecule has 1 aromatic carbocycles. The fraction of sp³-hybridized carbons (Fsp3) is 0.120. The van der Waals surface area contributed by atoms with Crippen LogP contribution in [0.5, 0.6) is 0 Å². The maximum absolute atomic E-state index is 15.1. The summed E-state index contributed by atoms with van der Waals surface area (Å²) in [5.41, 5.74) is 2.82. The van der Waals surface area contributed by atoms with Crippen molar-refractivity contribution < 1.29 is 12.8 Å². The van der Waals surface area contributed by atoms with Crippen LogP contribution in [0, 0.1) is 17.3 Å². The molecule has 2 atom stereocenters. The van der Waals surface area contributed by atoms with Gasteiger partial charge in [-0.15, -0.1) is 0 Å². The van der Waals surface area contributed by atoms with E-state index in [1.165, 1.54) is 6.20 Å². The predicted molar refractivity (Wildman–Crippen MR) is 126 cm³/mol. The molecule has 0 bridgehead atoms. The first kappa shape index (κ1) is 23.0. The Kier molecular flexibility index (Phi) is 6.61. The summed E-state index contributed by atoms with van der Waals surface area (Å²) >= 11 is 0. The van der Waals surface area contributed by atoms with Crippen molar-refractivity contribution >= 4 is 15.8 Å². The first-order valence-corrected chi connectivity index (χ1v) is 12.2. The maximum atomic E-state index is 15.1. The molecule has 3 heterocycles. The van der Waals surface area contributed by atoms with Crippen molar-refractivity contribution in [1.29, 1.82) is 5.26 Å². The largest absolute Gasteiger partial charge is 0.268 e. The average Bonchev–Trinajstić information content (AvgIpc) is 2.83. The van der Waals surface area contributed by atoms with Crippen molar-refractivity contribution in [3.05, 3.63) is 119 Å². The predicted octanol–water partition coefficient (Wildman–Crippen LogP) is 4.22. The molecule has 0 aliphatic heterocycles. The van der Waals surface area contributed by atoms with E-state index in [0.717, 1.165) is 17.4 Å². The van der Waals surface area contributed by atoms with Gasteiger partial charge in [-0.25, -0.2) is 18.4 Å². The lowest BCUT2D eigenvalue weighted by Crippen LogP contribution is -2.19. The summed E-state index contributed by atoms with van der Waals surface area (Å²) < 4.78 is 41.0. The minimum atomic E-state index is -3.55. The van der Waals surface area contributed by atoms with Crippen LogP contribution >= 0.6 is 0 Å². The monoisotopic (exact) mass is 473 g/mol. The van der Waals surface area contributed by atoms with E-state index in [9.17, 15) is 13.7 Å². The van der Waals surface area contributed by atoms with Gasteiger partial charge < -0.3 is 0 Å². The molecule has 3 aromatic heterocycles. The van der Waals surface area contributed by atoms with Crippen LogP contribution in [0.1, 0.15) is 39.8 Å². The fourth-order valence-electron chi connectivity index (χ4n) is 3.91. The second-order valence-corrected chi connectivity index (χ2v) is 9.43. The molecule has 0 spiro atoms. The zero-order valence-corrected chi connectivity index (χ0v) is 18.9. The quantitative estimate of drug-likeness (QED) is 0.403. The molecule has 9 heteroatoms. The van der Waals surface area contributed by atoms with E-state index < -0.39 is 27.8 Å². The molecule has 0 amide bonds. The third-order valence-electron chi connectivity index (χ3n) is 5.28. The van der Waals surface area contributed by atoms with E-state index in [1.807, 2.05) is 6.07 Å². The maximum Gasteiger partial charge on any atom is 0.230 e. The molecule has 0 saturated heterocycles. The number of sulfonamides is 1. The van der Waals surface area contributed by atoms with Crippen LogP contribution in [-0.2, 0) is 10.0 Å². The van der Waals surface area contributed by atoms with Gasteiger partial charge in [0.25, 0.3) is 0 Å². The average molecular weight is 474 g/mol. The second kappa shape index (κ2) is 9.77. The molecular weight excluding hydrogens is 453 g/mol. The van der Waals surface area contributed by atoms with E-state index in [2.05, 4.69) is 25.7 Å². The lowest BCUT2D eigenvalue weighted by Gasteiger charge is -2.28. The van der Waals surface area contributed by atoms with Crippen LogP contribution in [0.3, 0.4) is 0 Å². The summed E-state index contributed by atoms with van der Waals surface area (Å²) in [7, 11) is -3.55. The summed E-state index contributed by atoms with van der Waals surface area (Å²) in [6, 6.07) is 21.0. The van der Waals surface area contributed by atoms with Crippen molar-refractivity contribution in [3.8, 4) is 6.07 Å². The van der Waals surface area contributed by atoms with Gasteiger partial charge in [-0.2, -0.15) is 9.65 Å². The number of nitrogens with zero attached hydrogens (tertiary/aromatic N) is 4. The number of hydrogen-bond donors (Lipinski definition) is 1. The molecule has 0 saturated carbocycles. The van der Waals surface area contributed by atoms with Gasteiger partial charge in [0.1, 0.15) is 5.82 Å². The van der Waals surface area contributed by atoms with Gasteiger partial charge in [0.2, 0.25) is 16.0 Å². The second-order valence-electron chi connectivity index (χ2n) is 7.68. The van der Waals surface area contributed by atoms with Gasteiger partial charge in [0, 0.05) is 36.0 Å². The molecular formula is C25H20FN5O2S. The van der Waals surface area contributed by atoms with E-state index >= 15 is 4.39 Å². The number of pyridine rings is 3. The van der Waals surface area contributed by atoms with Gasteiger partial charge >= 0.3 is 0 Å². The molecule has 34 heavy (non-hydrogen) atoms. The number of anilines is 1. The van der Waals surface area contributed by atoms with Gasteiger partial charge in [-0.3, -0.25) is 9.71 Å². The Morgan fingerprint density at radius 2 is 1.71 bits per heavy atom. The van der Waals surface area contributed by atoms with E-state index in [1.54, 1.807) is 73.1 Å². The van der Waals surface area contributed by atoms with Crippen LogP contribution in [0.15, 0.2) is 85.3 Å². The molecule has 0 radical (unpaired) electrons. The van der Waals surface area contributed by atoms with Gasteiger partial charge in [-0.1, -0.05) is 30.3 Å². The Bertz CT molecular complexity index is 1440. The minimum Gasteiger partial charge on any atom is -0.268 e. The van der Waals surface area contributed by atoms with Gasteiger partial charge in [0.05, 0.1) is 23.6 Å². The third-order valence-corrected chi connectivity index (χ3v) is 5.86. The first-order chi connectivity index (χ1) is 16.4. The summed E-state index contributed by atoms with van der Waals surface area (Å²) in [5.74, 6) is -1.61. The Hall–Kier alpha value is -4.16. The summed E-state index contributed by atoms with van der Waals surface area (Å²) in [5, 5.41) is 9.24. The van der Waals surface area contributed by atoms with E-state index in [-0.39, 0.29) is 5.82 Å². The van der Waals surface area contributed by atoms with Crippen LogP contribution < -0.4 is 4.72 Å². The van der Waals surface area contributed by atoms with E-state index in [0.29, 0.717) is 16.8 Å². The lowest BCUT2D eigenvalue weighted by atomic mass is 9.76. The van der Waals surface area contributed by atoms with Crippen molar-refractivity contribution in [3.63, 3.8) is 0 Å². The van der Waals surface area contributed by atoms with Crippen molar-refractivity contribution in [2.45, 2.75) is 11.8 Å². The zero-order chi connectivity index (χ0) is 24.1. The standard InChI is InChI=1S/C25H20FN5O2S/c1-34(32,33)31-22-8-2-7-21(30-22)24(18-11-9-17(15-27)10-12-18)23(19-5-3-13-28-16-19)20-6-4-14-29-25(20)26/h2-14,16,23-24H,1H3,(H,30,31). The highest BCUT2D eigenvalue weighted by atomic mass is 32.2. The summed E-state index contributed by atoms with van der Waals surface area (Å²) in [6.45, 7) is 0. The van der Waals surface area contributed by atoms with Crippen LogP contribution in [0.2, 0.25) is 0 Å². The number of benzene rings is 1. The number of hydrogen-bond acceptors (Lipinski definition) is 6. The SMILES string of the molecule is CS(=O)(=O)Nc1cccc(C(c2ccc(C#N)cc2)C(c2cccnc2)c2cccnc2F)n1. The van der Waals surface area contributed by atoms with Crippen molar-refractivity contribution in [1.82, 2.24) is 15.0 Å². The number of nitrogens with one attached hydrogen (secondary N) is 1. The number of nitriles is 1.